The van der Waals surface area contributed by atoms with E-state index in [2.05, 4.69) is 21.2 Å². The van der Waals surface area contributed by atoms with Crippen molar-refractivity contribution < 1.29 is 9.84 Å². The molecule has 10 nitrogen and oxygen atoms in total. The number of nitrogen functional groups attached to an aromatic ring is 1. The summed E-state index contributed by atoms with van der Waals surface area (Å²) in [7, 11) is 1.62. The first-order valence-corrected chi connectivity index (χ1v) is 11.6. The van der Waals surface area contributed by atoms with Crippen molar-refractivity contribution in [2.45, 2.75) is 50.2 Å². The Bertz CT molecular complexity index is 1310. The number of hydrogen-bond donors (Lipinski definition) is 2. The van der Waals surface area contributed by atoms with Crippen LogP contribution in [0.5, 0.6) is 5.75 Å². The number of nitrogens with two attached hydrogens (primary N) is 1. The molecule has 6 rings (SSSR count). The van der Waals surface area contributed by atoms with Gasteiger partial charge in [0.15, 0.2) is 11.5 Å². The van der Waals surface area contributed by atoms with Crippen LogP contribution < -0.4 is 15.4 Å². The highest BCUT2D eigenvalue weighted by Crippen LogP contribution is 2.34. The van der Waals surface area contributed by atoms with Crippen LogP contribution in [-0.4, -0.2) is 60.8 Å². The average molecular weight is 449 g/mol. The van der Waals surface area contributed by atoms with Crippen molar-refractivity contribution in [3.63, 3.8) is 0 Å². The molecule has 1 saturated heterocycles. The van der Waals surface area contributed by atoms with Gasteiger partial charge in [0, 0.05) is 30.6 Å². The summed E-state index contributed by atoms with van der Waals surface area (Å²) in [6.45, 7) is 1.80. The Hall–Kier alpha value is -3.40. The smallest absolute Gasteiger partial charge is 0.223 e. The fourth-order valence-corrected chi connectivity index (χ4v) is 5.27. The van der Waals surface area contributed by atoms with Crippen LogP contribution in [0.1, 0.15) is 49.9 Å². The monoisotopic (exact) mass is 448 g/mol. The molecule has 1 aliphatic heterocycles. The van der Waals surface area contributed by atoms with Gasteiger partial charge in [-0.05, 0) is 44.2 Å². The first-order chi connectivity index (χ1) is 16.1. The molecule has 4 heterocycles. The summed E-state index contributed by atoms with van der Waals surface area (Å²) in [4.78, 5) is 11.8. The first kappa shape index (κ1) is 20.2. The fourth-order valence-electron chi connectivity index (χ4n) is 5.27. The number of hydrogen-bond acceptors (Lipinski definition) is 8. The van der Waals surface area contributed by atoms with E-state index >= 15 is 0 Å². The summed E-state index contributed by atoms with van der Waals surface area (Å²) in [5.74, 6) is 1.94. The number of fused-ring (bicyclic) bond motifs is 3. The van der Waals surface area contributed by atoms with Crippen LogP contribution in [0.4, 0.5) is 11.6 Å². The Labute approximate surface area is 191 Å². The highest BCUT2D eigenvalue weighted by atomic mass is 16.5. The van der Waals surface area contributed by atoms with Gasteiger partial charge in [-0.15, -0.1) is 5.10 Å². The topological polar surface area (TPSA) is 120 Å². The van der Waals surface area contributed by atoms with Crippen LogP contribution in [0.25, 0.3) is 16.6 Å². The maximum atomic E-state index is 9.86. The van der Waals surface area contributed by atoms with Crippen molar-refractivity contribution in [1.29, 1.82) is 0 Å². The Morgan fingerprint density at radius 2 is 2.09 bits per heavy atom. The molecule has 2 aliphatic rings. The molecule has 2 fully saturated rings. The Morgan fingerprint density at radius 1 is 1.18 bits per heavy atom. The van der Waals surface area contributed by atoms with Crippen LogP contribution in [0, 0.1) is 0 Å². The number of anilines is 2. The summed E-state index contributed by atoms with van der Waals surface area (Å²) in [6, 6.07) is 6.06. The standard InChI is InChI=1S/C23H28N8O2/c1-33-19-6-2-5-18-20(19)26-23(24)31-22(18)27-21(28-31)14-4-3-9-29(12-14)16-11-25-30(13-16)15-7-8-17(32)10-15/h2,5-6,11,13-15,17,32H,3-4,7-10,12H2,1H3,(H2,24,26)/t14-,15+,17+/m1/s1. The molecule has 0 spiro atoms. The molecule has 1 saturated carbocycles. The summed E-state index contributed by atoms with van der Waals surface area (Å²) >= 11 is 0. The van der Waals surface area contributed by atoms with Crippen LogP contribution in [0.15, 0.2) is 30.6 Å². The number of aliphatic hydroxyl groups excluding tert-OH is 1. The maximum absolute atomic E-state index is 9.86. The van der Waals surface area contributed by atoms with E-state index in [1.165, 1.54) is 0 Å². The third kappa shape index (κ3) is 3.45. The largest absolute Gasteiger partial charge is 0.494 e. The van der Waals surface area contributed by atoms with Crippen molar-refractivity contribution in [2.75, 3.05) is 30.8 Å². The molecule has 3 aromatic heterocycles. The molecule has 10 heteroatoms. The minimum Gasteiger partial charge on any atom is -0.494 e. The highest BCUT2D eigenvalue weighted by Gasteiger charge is 2.29. The lowest BCUT2D eigenvalue weighted by Crippen LogP contribution is -2.34. The van der Waals surface area contributed by atoms with E-state index in [-0.39, 0.29) is 18.1 Å². The van der Waals surface area contributed by atoms with E-state index < -0.39 is 0 Å². The minimum atomic E-state index is -0.207. The number of aliphatic hydroxyl groups is 1. The van der Waals surface area contributed by atoms with Crippen molar-refractivity contribution >= 4 is 28.2 Å². The van der Waals surface area contributed by atoms with Gasteiger partial charge >= 0.3 is 0 Å². The number of para-hydroxylation sites is 1. The number of piperidine rings is 1. The maximum Gasteiger partial charge on any atom is 0.223 e. The molecule has 1 aromatic carbocycles. The Kier molecular flexibility index (Phi) is 4.83. The van der Waals surface area contributed by atoms with E-state index in [0.717, 1.165) is 62.1 Å². The number of aromatic nitrogens is 6. The average Bonchev–Trinajstić information content (AvgIpc) is 3.58. The lowest BCUT2D eigenvalue weighted by atomic mass is 9.97. The summed E-state index contributed by atoms with van der Waals surface area (Å²) in [6.07, 6.45) is 8.52. The van der Waals surface area contributed by atoms with E-state index in [1.54, 1.807) is 11.6 Å². The number of rotatable bonds is 4. The number of benzene rings is 1. The number of nitrogens with zero attached hydrogens (tertiary/aromatic N) is 7. The molecular formula is C23H28N8O2. The van der Waals surface area contributed by atoms with E-state index in [9.17, 15) is 5.11 Å². The predicted molar refractivity (Wildman–Crippen MR) is 125 cm³/mol. The first-order valence-electron chi connectivity index (χ1n) is 11.6. The Morgan fingerprint density at radius 3 is 2.91 bits per heavy atom. The van der Waals surface area contributed by atoms with Gasteiger partial charge in [0.05, 0.1) is 31.1 Å². The van der Waals surface area contributed by atoms with E-state index in [0.29, 0.717) is 22.9 Å². The fraction of sp³-hybridized carbons (Fsp3) is 0.478. The van der Waals surface area contributed by atoms with Crippen LogP contribution in [0.2, 0.25) is 0 Å². The van der Waals surface area contributed by atoms with Gasteiger partial charge in [-0.25, -0.2) is 9.97 Å². The highest BCUT2D eigenvalue weighted by molar-refractivity contribution is 5.95. The zero-order valence-corrected chi connectivity index (χ0v) is 18.6. The van der Waals surface area contributed by atoms with Gasteiger partial charge in [-0.2, -0.15) is 9.61 Å². The van der Waals surface area contributed by atoms with Gasteiger partial charge in [0.2, 0.25) is 5.95 Å². The second-order valence-electron chi connectivity index (χ2n) is 9.12. The van der Waals surface area contributed by atoms with Crippen LogP contribution in [0.3, 0.4) is 0 Å². The lowest BCUT2D eigenvalue weighted by Gasteiger charge is -2.32. The Balaban J connectivity index is 1.29. The molecule has 0 radical (unpaired) electrons. The molecule has 33 heavy (non-hydrogen) atoms. The third-order valence-corrected chi connectivity index (χ3v) is 7.02. The van der Waals surface area contributed by atoms with Gasteiger partial charge in [0.1, 0.15) is 11.3 Å². The van der Waals surface area contributed by atoms with Crippen molar-refractivity contribution in [2.24, 2.45) is 0 Å². The quantitative estimate of drug-likeness (QED) is 0.489. The zero-order chi connectivity index (χ0) is 22.5. The third-order valence-electron chi connectivity index (χ3n) is 7.02. The molecule has 0 unspecified atom stereocenters. The van der Waals surface area contributed by atoms with E-state index in [1.807, 2.05) is 29.1 Å². The lowest BCUT2D eigenvalue weighted by molar-refractivity contribution is 0.177. The van der Waals surface area contributed by atoms with Crippen molar-refractivity contribution in [3.8, 4) is 5.75 Å². The van der Waals surface area contributed by atoms with Crippen molar-refractivity contribution in [1.82, 2.24) is 29.4 Å². The van der Waals surface area contributed by atoms with Gasteiger partial charge in [-0.3, -0.25) is 4.68 Å². The van der Waals surface area contributed by atoms with E-state index in [4.69, 9.17) is 20.6 Å². The molecule has 4 aromatic rings. The molecule has 3 N–H and O–H groups in total. The minimum absolute atomic E-state index is 0.190. The molecule has 0 bridgehead atoms. The summed E-state index contributed by atoms with van der Waals surface area (Å²) < 4.78 is 9.11. The molecule has 0 amide bonds. The van der Waals surface area contributed by atoms with Gasteiger partial charge < -0.3 is 20.5 Å². The SMILES string of the molecule is COc1cccc2c1nc(N)n1nc([C@@H]3CCCN(c4cnn([C@H]5CC[C@H](O)C5)c4)C3)nc21. The second kappa shape index (κ2) is 7.87. The van der Waals surface area contributed by atoms with Gasteiger partial charge in [-0.1, -0.05) is 6.07 Å². The summed E-state index contributed by atoms with van der Waals surface area (Å²) in [5.41, 5.74) is 8.74. The zero-order valence-electron chi connectivity index (χ0n) is 18.6. The van der Waals surface area contributed by atoms with Crippen LogP contribution in [-0.2, 0) is 0 Å². The molecular weight excluding hydrogens is 420 g/mol. The number of methoxy groups -OCH3 is 1. The number of ether oxygens (including phenoxy) is 1. The van der Waals surface area contributed by atoms with Gasteiger partial charge in [0.25, 0.3) is 0 Å². The molecule has 172 valence electrons. The predicted octanol–water partition coefficient (Wildman–Crippen LogP) is 2.53. The van der Waals surface area contributed by atoms with Crippen LogP contribution >= 0.6 is 0 Å². The normalized spacial score (nSPS) is 23.6. The molecule has 1 aliphatic carbocycles. The second-order valence-corrected chi connectivity index (χ2v) is 9.12. The molecule has 3 atom stereocenters. The van der Waals surface area contributed by atoms with Crippen molar-refractivity contribution in [3.05, 3.63) is 36.4 Å². The summed E-state index contributed by atoms with van der Waals surface area (Å²) in [5, 5.41) is 20.1.